The molecule has 0 aliphatic carbocycles. The van der Waals surface area contributed by atoms with Gasteiger partial charge in [-0.15, -0.1) is 11.8 Å². The molecule has 0 saturated heterocycles. The number of hydrogen-bond donors (Lipinski definition) is 0. The van der Waals surface area contributed by atoms with Crippen molar-refractivity contribution in [2.75, 3.05) is 27.2 Å². The molecule has 5 heteroatoms. The third kappa shape index (κ3) is 19.0. The molecule has 0 fully saturated rings. The summed E-state index contributed by atoms with van der Waals surface area (Å²) < 4.78 is 1.58. The minimum Gasteiger partial charge on any atom is -0.665 e. The summed E-state index contributed by atoms with van der Waals surface area (Å²) in [5.41, 5.74) is 21.8. The van der Waals surface area contributed by atoms with Crippen molar-refractivity contribution >= 4 is 11.4 Å². The molecule has 1 aliphatic rings. The Balaban J connectivity index is 0.00000261. The van der Waals surface area contributed by atoms with E-state index in [1.54, 1.807) is 18.8 Å². The summed E-state index contributed by atoms with van der Waals surface area (Å²) in [7, 11) is 3.61. The Kier molecular flexibility index (Phi) is 31.5. The van der Waals surface area contributed by atoms with E-state index < -0.39 is 0 Å². The first-order valence-corrected chi connectivity index (χ1v) is 20.7. The second-order valence-corrected chi connectivity index (χ2v) is 13.6. The van der Waals surface area contributed by atoms with E-state index in [1.807, 2.05) is 13.8 Å². The van der Waals surface area contributed by atoms with Crippen molar-refractivity contribution in [3.05, 3.63) is 98.1 Å². The first kappa shape index (κ1) is 49.5. The molecule has 1 heterocycles. The Bertz CT molecular complexity index is 1340. The fraction of sp³-hybridized carbons (Fsp3) is 0.617. The van der Waals surface area contributed by atoms with E-state index in [9.17, 15) is 5.53 Å². The first-order chi connectivity index (χ1) is 25.0. The van der Waals surface area contributed by atoms with Gasteiger partial charge in [0.1, 0.15) is 0 Å². The van der Waals surface area contributed by atoms with Gasteiger partial charge in [-0.1, -0.05) is 130 Å². The van der Waals surface area contributed by atoms with Crippen LogP contribution in [0.5, 0.6) is 0 Å². The molecule has 0 radical (unpaired) electrons. The Morgan fingerprint density at radius 2 is 1.10 bits per heavy atom. The van der Waals surface area contributed by atoms with Crippen LogP contribution in [0, 0.1) is 11.8 Å². The van der Waals surface area contributed by atoms with Crippen LogP contribution in [0.2, 0.25) is 0 Å². The van der Waals surface area contributed by atoms with Gasteiger partial charge in [0, 0.05) is 35.1 Å². The molecule has 0 unspecified atom stereocenters. The molecule has 0 atom stereocenters. The Morgan fingerprint density at radius 3 is 1.71 bits per heavy atom. The van der Waals surface area contributed by atoms with Gasteiger partial charge in [-0.25, -0.2) is 4.70 Å². The number of rotatable bonds is 22. The van der Waals surface area contributed by atoms with Crippen LogP contribution in [0.3, 0.4) is 0 Å². The quantitative estimate of drug-likeness (QED) is 0.0498. The second kappa shape index (κ2) is 33.1. The van der Waals surface area contributed by atoms with Crippen molar-refractivity contribution in [1.82, 2.24) is 0 Å². The average Bonchev–Trinajstić information content (AvgIpc) is 3.44. The van der Waals surface area contributed by atoms with Gasteiger partial charge in [0.05, 0.1) is 0 Å². The predicted molar refractivity (Wildman–Crippen MR) is 226 cm³/mol. The largest absolute Gasteiger partial charge is 2.00 e. The summed E-state index contributed by atoms with van der Waals surface area (Å²) in [6, 6.07) is 17.7. The SMILES string of the molecule is CCCCCC#CCCc1ccccc1C1=C(CCCC)C(CCCCCC)=C(c2cccc(CCCCCC)c2)[N+]1=[N-].CC[N-]C.CC[N-]C.[Ni+2]. The molecule has 0 aromatic heterocycles. The molecule has 2 aromatic carbocycles. The second-order valence-electron chi connectivity index (χ2n) is 13.6. The molecule has 0 saturated carbocycles. The molecule has 0 bridgehead atoms. The van der Waals surface area contributed by atoms with Crippen molar-refractivity contribution < 1.29 is 21.2 Å². The van der Waals surface area contributed by atoms with Crippen LogP contribution < -0.4 is 0 Å². The van der Waals surface area contributed by atoms with Crippen LogP contribution in [0.15, 0.2) is 59.7 Å². The van der Waals surface area contributed by atoms with Crippen LogP contribution in [0.4, 0.5) is 0 Å². The summed E-state index contributed by atoms with van der Waals surface area (Å²) >= 11 is 0. The molecule has 0 spiro atoms. The van der Waals surface area contributed by atoms with Gasteiger partial charge >= 0.3 is 16.5 Å². The molecule has 1 aliphatic heterocycles. The summed E-state index contributed by atoms with van der Waals surface area (Å²) in [6.45, 7) is 15.0. The van der Waals surface area contributed by atoms with Crippen LogP contribution in [0.1, 0.15) is 173 Å². The van der Waals surface area contributed by atoms with Gasteiger partial charge in [-0.05, 0) is 80.7 Å². The van der Waals surface area contributed by atoms with E-state index in [0.29, 0.717) is 0 Å². The fourth-order valence-corrected chi connectivity index (χ4v) is 6.28. The Morgan fingerprint density at radius 1 is 0.558 bits per heavy atom. The van der Waals surface area contributed by atoms with Gasteiger partial charge in [-0.2, -0.15) is 27.2 Å². The zero-order valence-electron chi connectivity index (χ0n) is 34.6. The normalized spacial score (nSPS) is 12.0. The third-order valence-electron chi connectivity index (χ3n) is 9.39. The maximum Gasteiger partial charge on any atom is 2.00 e. The molecule has 0 amide bonds. The molecular weight excluding hydrogens is 679 g/mol. The van der Waals surface area contributed by atoms with E-state index >= 15 is 0 Å². The van der Waals surface area contributed by atoms with Crippen molar-refractivity contribution in [2.45, 2.75) is 164 Å². The van der Waals surface area contributed by atoms with Gasteiger partial charge in [0.15, 0.2) is 0 Å². The average molecular weight is 754 g/mol. The third-order valence-corrected chi connectivity index (χ3v) is 9.39. The van der Waals surface area contributed by atoms with E-state index in [0.717, 1.165) is 87.8 Å². The molecule has 4 nitrogen and oxygen atoms in total. The molecule has 2 aromatic rings. The first-order valence-electron chi connectivity index (χ1n) is 20.7. The Hall–Kier alpha value is -2.51. The van der Waals surface area contributed by atoms with E-state index in [1.165, 1.54) is 92.0 Å². The number of unbranched alkanes of at least 4 members (excludes halogenated alkanes) is 10. The number of aryl methyl sites for hydroxylation is 2. The zero-order chi connectivity index (χ0) is 37.5. The standard InChI is InChI=1S/C41H58N2.2C3H8N.Ni/c1-5-9-13-16-17-18-20-27-35-28-22-23-31-37(35)41-39(30-12-8-4)38(32-21-15-11-7-3)40(43(41)42)36-29-24-26-34(33-36)25-19-14-10-6-2;2*1-3-4-2;/h22-24,26,28-29,31,33H,5-16,19-21,25,27,30,32H2,1-4H3;2*3H2,1-2H3;/q;2*-1;+2. The maximum atomic E-state index is 12.1. The zero-order valence-corrected chi connectivity index (χ0v) is 35.6. The summed E-state index contributed by atoms with van der Waals surface area (Å²) in [5.74, 6) is 6.82. The number of allylic oxidation sites excluding steroid dienone is 2. The van der Waals surface area contributed by atoms with Crippen LogP contribution in [0.25, 0.3) is 27.6 Å². The minimum absolute atomic E-state index is 0. The van der Waals surface area contributed by atoms with Gasteiger partial charge in [-0.3, -0.25) is 0 Å². The van der Waals surface area contributed by atoms with Crippen LogP contribution >= 0.6 is 0 Å². The van der Waals surface area contributed by atoms with Gasteiger partial charge < -0.3 is 16.2 Å². The molecule has 3 rings (SSSR count). The summed E-state index contributed by atoms with van der Waals surface area (Å²) in [6.07, 6.45) is 21.8. The topological polar surface area (TPSA) is 53.5 Å². The fourth-order valence-electron chi connectivity index (χ4n) is 6.28. The number of nitrogens with zero attached hydrogens (tertiary/aromatic N) is 4. The monoisotopic (exact) mass is 753 g/mol. The summed E-state index contributed by atoms with van der Waals surface area (Å²) in [5, 5.41) is 7.47. The van der Waals surface area contributed by atoms with Crippen LogP contribution in [-0.2, 0) is 29.3 Å². The van der Waals surface area contributed by atoms with E-state index in [-0.39, 0.29) is 16.5 Å². The summed E-state index contributed by atoms with van der Waals surface area (Å²) in [4.78, 5) is 0. The van der Waals surface area contributed by atoms with Crippen molar-refractivity contribution in [3.63, 3.8) is 0 Å². The van der Waals surface area contributed by atoms with Gasteiger partial charge in [0.25, 0.3) is 0 Å². The number of hydrogen-bond acceptors (Lipinski definition) is 0. The van der Waals surface area contributed by atoms with E-state index in [4.69, 9.17) is 0 Å². The minimum atomic E-state index is 0. The maximum absolute atomic E-state index is 12.1. The van der Waals surface area contributed by atoms with Crippen LogP contribution in [-0.4, -0.2) is 31.9 Å². The molecule has 0 N–H and O–H groups in total. The predicted octanol–water partition coefficient (Wildman–Crippen LogP) is 14.7. The molecular formula is C47H74N4Ni. The van der Waals surface area contributed by atoms with E-state index in [2.05, 4.69) is 98.7 Å². The smallest absolute Gasteiger partial charge is 0.665 e. The molecule has 292 valence electrons. The van der Waals surface area contributed by atoms with Crippen molar-refractivity contribution in [3.8, 4) is 11.8 Å². The Labute approximate surface area is 331 Å². The van der Waals surface area contributed by atoms with Gasteiger partial charge in [0.2, 0.25) is 11.4 Å². The van der Waals surface area contributed by atoms with Crippen molar-refractivity contribution in [1.29, 1.82) is 0 Å². The number of benzene rings is 2. The van der Waals surface area contributed by atoms with Crippen molar-refractivity contribution in [2.24, 2.45) is 0 Å². The molecule has 52 heavy (non-hydrogen) atoms.